The summed E-state index contributed by atoms with van der Waals surface area (Å²) >= 11 is 0. The fraction of sp³-hybridized carbons (Fsp3) is 0.333. The van der Waals surface area contributed by atoms with Crippen molar-refractivity contribution in [3.63, 3.8) is 0 Å². The number of rotatable bonds is 5. The van der Waals surface area contributed by atoms with E-state index >= 15 is 0 Å². The highest BCUT2D eigenvalue weighted by Crippen LogP contribution is 2.42. The average Bonchev–Trinajstić information content (AvgIpc) is 2.94. The lowest BCUT2D eigenvalue weighted by atomic mass is 10.1. The maximum absolute atomic E-state index is 13.4. The van der Waals surface area contributed by atoms with Crippen molar-refractivity contribution in [1.82, 2.24) is 9.55 Å². The molecule has 2 heterocycles. The zero-order chi connectivity index (χ0) is 21.6. The Hall–Kier alpha value is -2.91. The largest absolute Gasteiger partial charge is 0.394 e. The summed E-state index contributed by atoms with van der Waals surface area (Å²) in [4.78, 5) is 25.3. The molecule has 156 valence electrons. The van der Waals surface area contributed by atoms with E-state index in [9.17, 15) is 38.6 Å². The van der Waals surface area contributed by atoms with Crippen LogP contribution >= 0.6 is 0 Å². The molecule has 0 saturated carbocycles. The molecule has 2 aromatic rings. The maximum Gasteiger partial charge on any atom is 0.352 e. The van der Waals surface area contributed by atoms with Crippen LogP contribution in [-0.2, 0) is 19.6 Å². The van der Waals surface area contributed by atoms with Gasteiger partial charge < -0.3 is 25.8 Å². The van der Waals surface area contributed by atoms with Crippen LogP contribution < -0.4 is 11.4 Å². The zero-order valence-electron chi connectivity index (χ0n) is 14.5. The third kappa shape index (κ3) is 3.06. The molecule has 0 bridgehead atoms. The number of benzene rings is 1. The number of sulfone groups is 1. The van der Waals surface area contributed by atoms with Crippen LogP contribution in [0.4, 0.5) is 11.5 Å². The van der Waals surface area contributed by atoms with Crippen LogP contribution in [0.25, 0.3) is 0 Å². The number of nitro benzene ring substituents is 1. The summed E-state index contributed by atoms with van der Waals surface area (Å²) in [6, 6.07) is 4.67. The van der Waals surface area contributed by atoms with Crippen LogP contribution in [0.5, 0.6) is 0 Å². The zero-order valence-corrected chi connectivity index (χ0v) is 15.3. The lowest BCUT2D eigenvalue weighted by molar-refractivity contribution is -0.384. The Morgan fingerprint density at radius 3 is 2.38 bits per heavy atom. The van der Waals surface area contributed by atoms with E-state index in [2.05, 4.69) is 4.98 Å². The molecule has 0 aliphatic carbocycles. The molecule has 1 aliphatic heterocycles. The van der Waals surface area contributed by atoms with E-state index in [1.807, 2.05) is 0 Å². The van der Waals surface area contributed by atoms with Gasteiger partial charge in [-0.3, -0.25) is 14.7 Å². The van der Waals surface area contributed by atoms with Crippen molar-refractivity contribution in [1.29, 1.82) is 0 Å². The summed E-state index contributed by atoms with van der Waals surface area (Å²) in [5, 5.41) is 38.1. The number of nitrogens with zero attached hydrogens (tertiary/aromatic N) is 3. The highest BCUT2D eigenvalue weighted by molar-refractivity contribution is 7.92. The molecule has 0 spiro atoms. The normalized spacial score (nSPS) is 27.1. The number of hydrogen-bond donors (Lipinski definition) is 4. The minimum Gasteiger partial charge on any atom is -0.394 e. The van der Waals surface area contributed by atoms with Gasteiger partial charge in [0.25, 0.3) is 10.7 Å². The van der Waals surface area contributed by atoms with Crippen molar-refractivity contribution in [2.45, 2.75) is 28.3 Å². The van der Waals surface area contributed by atoms with E-state index in [0.717, 1.165) is 36.5 Å². The monoisotopic (exact) mass is 428 g/mol. The molecule has 1 aromatic heterocycles. The van der Waals surface area contributed by atoms with Gasteiger partial charge >= 0.3 is 5.69 Å². The molecule has 29 heavy (non-hydrogen) atoms. The SMILES string of the molecule is Nc1ccn([C@]2(S(=O)(=O)c3ccc([N+](=O)[O-])cc3)O[C@H](CO)[C@@H](O)[C@H]2O)c(=O)n1. The highest BCUT2D eigenvalue weighted by atomic mass is 32.2. The number of nitrogen functional groups attached to an aromatic ring is 1. The summed E-state index contributed by atoms with van der Waals surface area (Å²) < 4.78 is 32.6. The first-order valence-electron chi connectivity index (χ1n) is 8.06. The first-order chi connectivity index (χ1) is 13.6. The summed E-state index contributed by atoms with van der Waals surface area (Å²) in [6.45, 7) is -0.868. The molecule has 1 fully saturated rings. The van der Waals surface area contributed by atoms with Gasteiger partial charge in [0.15, 0.2) is 0 Å². The number of aromatic nitrogens is 2. The van der Waals surface area contributed by atoms with Gasteiger partial charge in [0.2, 0.25) is 9.84 Å². The third-order valence-corrected chi connectivity index (χ3v) is 6.68. The molecule has 4 atom stereocenters. The minimum absolute atomic E-state index is 0.235. The molecule has 0 unspecified atom stereocenters. The van der Waals surface area contributed by atoms with Gasteiger partial charge in [0.05, 0.1) is 16.4 Å². The molecular weight excluding hydrogens is 412 g/mol. The number of hydrogen-bond acceptors (Lipinski definition) is 11. The van der Waals surface area contributed by atoms with Crippen molar-refractivity contribution < 1.29 is 33.4 Å². The number of aliphatic hydroxyl groups excluding tert-OH is 3. The molecule has 14 heteroatoms. The maximum atomic E-state index is 13.4. The van der Waals surface area contributed by atoms with E-state index in [1.165, 1.54) is 0 Å². The quantitative estimate of drug-likeness (QED) is 0.300. The molecule has 0 radical (unpaired) electrons. The lowest BCUT2D eigenvalue weighted by Gasteiger charge is -2.32. The molecule has 13 nitrogen and oxygen atoms in total. The molecule has 1 saturated heterocycles. The molecule has 1 aromatic carbocycles. The fourth-order valence-electron chi connectivity index (χ4n) is 3.04. The van der Waals surface area contributed by atoms with Crippen molar-refractivity contribution >= 4 is 21.3 Å². The van der Waals surface area contributed by atoms with Crippen LogP contribution in [0.2, 0.25) is 0 Å². The number of ether oxygens (including phenoxy) is 1. The van der Waals surface area contributed by atoms with Crippen LogP contribution in [0.15, 0.2) is 46.2 Å². The Morgan fingerprint density at radius 2 is 1.90 bits per heavy atom. The Bertz CT molecular complexity index is 1100. The van der Waals surface area contributed by atoms with E-state index in [-0.39, 0.29) is 5.82 Å². The first kappa shape index (κ1) is 20.8. The van der Waals surface area contributed by atoms with Gasteiger partial charge in [-0.15, -0.1) is 0 Å². The van der Waals surface area contributed by atoms with Crippen LogP contribution in [0.1, 0.15) is 0 Å². The number of non-ortho nitro benzene ring substituents is 1. The van der Waals surface area contributed by atoms with Gasteiger partial charge in [-0.05, 0) is 18.2 Å². The van der Waals surface area contributed by atoms with Crippen molar-refractivity contribution in [2.24, 2.45) is 0 Å². The Balaban J connectivity index is 2.28. The van der Waals surface area contributed by atoms with Gasteiger partial charge in [0.1, 0.15) is 24.1 Å². The first-order valence-corrected chi connectivity index (χ1v) is 9.54. The summed E-state index contributed by atoms with van der Waals surface area (Å²) in [7, 11) is -4.84. The van der Waals surface area contributed by atoms with Gasteiger partial charge in [-0.25, -0.2) is 13.2 Å². The smallest absolute Gasteiger partial charge is 0.352 e. The van der Waals surface area contributed by atoms with Crippen LogP contribution in [0, 0.1) is 10.1 Å². The van der Waals surface area contributed by atoms with Crippen LogP contribution in [-0.4, -0.2) is 63.1 Å². The predicted molar refractivity (Wildman–Crippen MR) is 95.1 cm³/mol. The van der Waals surface area contributed by atoms with Crippen molar-refractivity contribution in [3.05, 3.63) is 57.1 Å². The number of nitrogens with two attached hydrogens (primary N) is 1. The second-order valence-electron chi connectivity index (χ2n) is 6.16. The molecule has 5 N–H and O–H groups in total. The second-order valence-corrected chi connectivity index (χ2v) is 8.23. The van der Waals surface area contributed by atoms with Crippen LogP contribution in [0.3, 0.4) is 0 Å². The number of anilines is 1. The van der Waals surface area contributed by atoms with E-state index in [0.29, 0.717) is 4.57 Å². The Morgan fingerprint density at radius 1 is 1.28 bits per heavy atom. The third-order valence-electron chi connectivity index (χ3n) is 4.48. The summed E-state index contributed by atoms with van der Waals surface area (Å²) in [5.41, 5.74) is 3.81. The van der Waals surface area contributed by atoms with Crippen molar-refractivity contribution in [2.75, 3.05) is 12.3 Å². The molecule has 3 rings (SSSR count). The second kappa shape index (κ2) is 7.16. The molecule has 1 aliphatic rings. The predicted octanol–water partition coefficient (Wildman–Crippen LogP) is -2.07. The Labute approximate surface area is 162 Å². The lowest BCUT2D eigenvalue weighted by Crippen LogP contribution is -2.55. The topological polar surface area (TPSA) is 208 Å². The molecular formula is C15H16N4O9S. The fourth-order valence-corrected chi connectivity index (χ4v) is 4.98. The Kier molecular flexibility index (Phi) is 5.14. The standard InChI is InChI=1S/C15H16N4O9S/c16-11-5-6-18(14(23)17-11)15(13(22)12(21)10(7-20)28-15)29(26,27)9-3-1-8(2-4-9)19(24)25/h1-6,10,12-13,20-22H,7H2,(H2,16,17,23)/t10-,12-,13-,15+/m1/s1. The van der Waals surface area contributed by atoms with Gasteiger partial charge in [-0.2, -0.15) is 4.98 Å². The van der Waals surface area contributed by atoms with Gasteiger partial charge in [0, 0.05) is 18.3 Å². The minimum atomic E-state index is -4.84. The van der Waals surface area contributed by atoms with Crippen molar-refractivity contribution in [3.8, 4) is 0 Å². The van der Waals surface area contributed by atoms with E-state index in [4.69, 9.17) is 10.5 Å². The number of nitro groups is 1. The number of aliphatic hydroxyl groups is 3. The molecule has 0 amide bonds. The highest BCUT2D eigenvalue weighted by Gasteiger charge is 2.64. The van der Waals surface area contributed by atoms with E-state index in [1.54, 1.807) is 0 Å². The summed E-state index contributed by atoms with van der Waals surface area (Å²) in [6.07, 6.45) is -4.74. The average molecular weight is 428 g/mol. The summed E-state index contributed by atoms with van der Waals surface area (Å²) in [5.74, 6) is -0.235. The van der Waals surface area contributed by atoms with Gasteiger partial charge in [-0.1, -0.05) is 0 Å². The van der Waals surface area contributed by atoms with E-state index < -0.39 is 61.0 Å².